The molecule has 0 radical (unpaired) electrons. The zero-order valence-electron chi connectivity index (χ0n) is 40.2. The Hall–Kier alpha value is -2.89. The van der Waals surface area contributed by atoms with Crippen molar-refractivity contribution in [3.63, 3.8) is 0 Å². The molecule has 6 heteroatoms. The van der Waals surface area contributed by atoms with Crippen LogP contribution >= 0.6 is 0 Å². The maximum absolute atomic E-state index is 12.8. The van der Waals surface area contributed by atoms with Gasteiger partial charge in [0.25, 0.3) is 0 Å². The van der Waals surface area contributed by atoms with E-state index in [1.54, 1.807) is 0 Å². The summed E-state index contributed by atoms with van der Waals surface area (Å²) >= 11 is 0. The van der Waals surface area contributed by atoms with E-state index in [1.165, 1.54) is 109 Å². The molecule has 0 fully saturated rings. The highest BCUT2D eigenvalue weighted by Crippen LogP contribution is 2.15. The number of allylic oxidation sites excluding steroid dienone is 10. The van der Waals surface area contributed by atoms with Crippen molar-refractivity contribution in [2.45, 2.75) is 258 Å². The van der Waals surface area contributed by atoms with Crippen molar-refractivity contribution in [2.24, 2.45) is 0 Å². The van der Waals surface area contributed by atoms with Crippen LogP contribution in [0.25, 0.3) is 0 Å². The summed E-state index contributed by atoms with van der Waals surface area (Å²) in [6, 6.07) is 0. The minimum atomic E-state index is -0.789. The van der Waals surface area contributed by atoms with Crippen molar-refractivity contribution in [1.29, 1.82) is 0 Å². The van der Waals surface area contributed by atoms with E-state index in [0.29, 0.717) is 19.3 Å². The first-order valence-electron chi connectivity index (χ1n) is 25.8. The maximum atomic E-state index is 12.8. The Balaban J connectivity index is 4.42. The molecule has 0 aliphatic carbocycles. The van der Waals surface area contributed by atoms with Gasteiger partial charge in [0.1, 0.15) is 13.2 Å². The zero-order chi connectivity index (χ0) is 44.4. The first kappa shape index (κ1) is 58.1. The first-order valence-corrected chi connectivity index (χ1v) is 25.8. The van der Waals surface area contributed by atoms with Gasteiger partial charge in [0.2, 0.25) is 0 Å². The molecule has 1 atom stereocenters. The summed E-state index contributed by atoms with van der Waals surface area (Å²) in [5.41, 5.74) is 0. The molecule has 0 heterocycles. The molecule has 0 aromatic carbocycles. The van der Waals surface area contributed by atoms with Crippen molar-refractivity contribution in [3.05, 3.63) is 60.8 Å². The van der Waals surface area contributed by atoms with Crippen LogP contribution in [0.1, 0.15) is 252 Å². The van der Waals surface area contributed by atoms with E-state index in [1.807, 2.05) is 0 Å². The molecule has 0 saturated heterocycles. The fourth-order valence-electron chi connectivity index (χ4n) is 7.13. The molecule has 1 unspecified atom stereocenters. The molecule has 0 saturated carbocycles. The van der Waals surface area contributed by atoms with Crippen LogP contribution in [0.3, 0.4) is 0 Å². The second-order valence-corrected chi connectivity index (χ2v) is 17.1. The monoisotopic (exact) mass is 853 g/mol. The molecule has 0 spiro atoms. The summed E-state index contributed by atoms with van der Waals surface area (Å²) in [5.74, 6) is -0.926. The second kappa shape index (κ2) is 49.8. The summed E-state index contributed by atoms with van der Waals surface area (Å²) in [6.07, 6.45) is 60.6. The van der Waals surface area contributed by atoms with Crippen molar-refractivity contribution in [3.8, 4) is 0 Å². The largest absolute Gasteiger partial charge is 0.462 e. The van der Waals surface area contributed by atoms with Crippen LogP contribution in [0.15, 0.2) is 60.8 Å². The van der Waals surface area contributed by atoms with Crippen LogP contribution in [0.5, 0.6) is 0 Å². The van der Waals surface area contributed by atoms with Crippen molar-refractivity contribution in [1.82, 2.24) is 0 Å². The van der Waals surface area contributed by atoms with Gasteiger partial charge in [-0.1, -0.05) is 210 Å². The minimum absolute atomic E-state index is 0.0893. The lowest BCUT2D eigenvalue weighted by Gasteiger charge is -2.18. The van der Waals surface area contributed by atoms with Crippen molar-refractivity contribution < 1.29 is 28.6 Å². The predicted molar refractivity (Wildman–Crippen MR) is 261 cm³/mol. The molecule has 0 aliphatic rings. The Kier molecular flexibility index (Phi) is 47.4. The number of rotatable bonds is 46. The molecule has 0 aromatic rings. The Bertz CT molecular complexity index is 1120. The van der Waals surface area contributed by atoms with E-state index in [0.717, 1.165) is 103 Å². The lowest BCUT2D eigenvalue weighted by molar-refractivity contribution is -0.167. The standard InChI is InChI=1S/C55H96O6/c1-4-7-10-13-16-19-22-25-27-28-31-33-36-39-42-45-48-54(57)60-51-52(50-59-53(56)47-44-41-38-35-32-29-24-21-18-15-12-9-6-3)61-55(58)49-46-43-40-37-34-30-26-23-20-17-14-11-8-5-2/h9,12,18-19,21-22,27-29,32,52H,4-8,10-11,13-17,20,23-26,30-31,33-51H2,1-3H3/b12-9-,21-18-,22-19-,28-27-,32-29-. The number of ether oxygens (including phenoxy) is 3. The molecule has 0 N–H and O–H groups in total. The summed E-state index contributed by atoms with van der Waals surface area (Å²) in [4.78, 5) is 37.9. The normalized spacial score (nSPS) is 12.5. The molecule has 352 valence electrons. The van der Waals surface area contributed by atoms with Crippen molar-refractivity contribution >= 4 is 17.9 Å². The highest BCUT2D eigenvalue weighted by Gasteiger charge is 2.19. The minimum Gasteiger partial charge on any atom is -0.462 e. The van der Waals surface area contributed by atoms with Gasteiger partial charge in [0.15, 0.2) is 6.10 Å². The van der Waals surface area contributed by atoms with Crippen LogP contribution in [0.4, 0.5) is 0 Å². The smallest absolute Gasteiger partial charge is 0.306 e. The molecule has 0 amide bonds. The molecular weight excluding hydrogens is 757 g/mol. The van der Waals surface area contributed by atoms with Crippen LogP contribution in [-0.2, 0) is 28.6 Å². The van der Waals surface area contributed by atoms with E-state index in [4.69, 9.17) is 14.2 Å². The SMILES string of the molecule is CC/C=C\C/C=C\C/C=C\CCCCCC(=O)OCC(COC(=O)CCCCCCC/C=C\C/C=C\CCCCCC)OC(=O)CCCCCCCCCCCCCCCC. The van der Waals surface area contributed by atoms with E-state index < -0.39 is 6.10 Å². The van der Waals surface area contributed by atoms with Crippen LogP contribution in [0.2, 0.25) is 0 Å². The van der Waals surface area contributed by atoms with Crippen LogP contribution < -0.4 is 0 Å². The summed E-state index contributed by atoms with van der Waals surface area (Å²) in [7, 11) is 0. The van der Waals surface area contributed by atoms with Gasteiger partial charge in [-0.05, 0) is 83.5 Å². The Morgan fingerprint density at radius 1 is 0.344 bits per heavy atom. The number of hydrogen-bond donors (Lipinski definition) is 0. The number of carbonyl (C=O) groups is 3. The van der Waals surface area contributed by atoms with Gasteiger partial charge >= 0.3 is 17.9 Å². The van der Waals surface area contributed by atoms with Gasteiger partial charge in [-0.25, -0.2) is 0 Å². The fourth-order valence-corrected chi connectivity index (χ4v) is 7.13. The topological polar surface area (TPSA) is 78.9 Å². The van der Waals surface area contributed by atoms with Gasteiger partial charge in [0.05, 0.1) is 0 Å². The maximum Gasteiger partial charge on any atom is 0.306 e. The lowest BCUT2D eigenvalue weighted by Crippen LogP contribution is -2.30. The number of hydrogen-bond acceptors (Lipinski definition) is 6. The molecule has 0 rings (SSSR count). The first-order chi connectivity index (χ1) is 30.0. The van der Waals surface area contributed by atoms with E-state index in [-0.39, 0.29) is 31.1 Å². The summed E-state index contributed by atoms with van der Waals surface area (Å²) in [5, 5.41) is 0. The third kappa shape index (κ3) is 48.0. The Morgan fingerprint density at radius 3 is 1.03 bits per heavy atom. The van der Waals surface area contributed by atoms with Crippen LogP contribution in [-0.4, -0.2) is 37.2 Å². The Labute approximate surface area is 377 Å². The summed E-state index contributed by atoms with van der Waals surface area (Å²) < 4.78 is 16.8. The zero-order valence-corrected chi connectivity index (χ0v) is 40.2. The number of carbonyl (C=O) groups excluding carboxylic acids is 3. The average Bonchev–Trinajstić information content (AvgIpc) is 3.26. The van der Waals surface area contributed by atoms with E-state index in [2.05, 4.69) is 81.5 Å². The lowest BCUT2D eigenvalue weighted by atomic mass is 10.0. The quantitative estimate of drug-likeness (QED) is 0.0263. The van der Waals surface area contributed by atoms with Gasteiger partial charge in [-0.2, -0.15) is 0 Å². The summed E-state index contributed by atoms with van der Waals surface area (Å²) in [6.45, 7) is 6.48. The highest BCUT2D eigenvalue weighted by atomic mass is 16.6. The molecule has 0 aliphatic heterocycles. The third-order valence-corrected chi connectivity index (χ3v) is 11.0. The number of esters is 3. The highest BCUT2D eigenvalue weighted by molar-refractivity contribution is 5.71. The van der Waals surface area contributed by atoms with Gasteiger partial charge in [-0.3, -0.25) is 14.4 Å². The second-order valence-electron chi connectivity index (χ2n) is 17.1. The molecular formula is C55H96O6. The van der Waals surface area contributed by atoms with Crippen molar-refractivity contribution in [2.75, 3.05) is 13.2 Å². The molecule has 6 nitrogen and oxygen atoms in total. The Morgan fingerprint density at radius 2 is 0.639 bits per heavy atom. The van der Waals surface area contributed by atoms with Gasteiger partial charge < -0.3 is 14.2 Å². The number of unbranched alkanes of at least 4 members (excludes halogenated alkanes) is 25. The fraction of sp³-hybridized carbons (Fsp3) is 0.764. The molecule has 0 aromatic heterocycles. The van der Waals surface area contributed by atoms with Gasteiger partial charge in [0, 0.05) is 19.3 Å². The van der Waals surface area contributed by atoms with E-state index in [9.17, 15) is 14.4 Å². The van der Waals surface area contributed by atoms with Crippen LogP contribution in [0, 0.1) is 0 Å². The van der Waals surface area contributed by atoms with Gasteiger partial charge in [-0.15, -0.1) is 0 Å². The average molecular weight is 853 g/mol. The third-order valence-electron chi connectivity index (χ3n) is 11.0. The molecule has 61 heavy (non-hydrogen) atoms. The van der Waals surface area contributed by atoms with E-state index >= 15 is 0 Å². The molecule has 0 bridgehead atoms. The predicted octanol–water partition coefficient (Wildman–Crippen LogP) is 16.9.